The van der Waals surface area contributed by atoms with Gasteiger partial charge in [-0.05, 0) is 42.5 Å². The Morgan fingerprint density at radius 2 is 1.79 bits per heavy atom. The van der Waals surface area contributed by atoms with Crippen LogP contribution in [0.1, 0.15) is 10.6 Å². The van der Waals surface area contributed by atoms with E-state index in [1.54, 1.807) is 24.3 Å². The first kappa shape index (κ1) is 16.8. The number of amides is 1. The topological polar surface area (TPSA) is 42.2 Å². The fourth-order valence-electron chi connectivity index (χ4n) is 2.05. The molecule has 1 amide bonds. The summed E-state index contributed by atoms with van der Waals surface area (Å²) in [5.74, 6) is -0.556. The van der Waals surface area contributed by atoms with E-state index in [0.29, 0.717) is 22.0 Å². The van der Waals surface area contributed by atoms with E-state index >= 15 is 0 Å². The predicted octanol–water partition coefficient (Wildman–Crippen LogP) is 6.30. The fraction of sp³-hybridized carbons (Fsp3) is 0. The van der Waals surface area contributed by atoms with E-state index in [-0.39, 0.29) is 15.8 Å². The molecule has 122 valence electrons. The quantitative estimate of drug-likeness (QED) is 0.576. The number of furan rings is 1. The van der Waals surface area contributed by atoms with E-state index in [1.165, 1.54) is 24.3 Å². The van der Waals surface area contributed by atoms with Crippen molar-refractivity contribution < 1.29 is 13.6 Å². The van der Waals surface area contributed by atoms with Gasteiger partial charge in [0.2, 0.25) is 0 Å². The molecule has 0 aliphatic heterocycles. The predicted molar refractivity (Wildman–Crippen MR) is 93.5 cm³/mol. The molecule has 0 radical (unpaired) electrons. The number of nitrogens with one attached hydrogen (secondary N) is 1. The molecule has 3 aromatic rings. The Labute approximate surface area is 151 Å². The summed E-state index contributed by atoms with van der Waals surface area (Å²) in [5, 5.41) is 3.16. The molecule has 1 heterocycles. The van der Waals surface area contributed by atoms with Crippen LogP contribution in [-0.2, 0) is 0 Å². The molecular formula is C17H9Cl3FNO2. The zero-order valence-electron chi connectivity index (χ0n) is 11.9. The van der Waals surface area contributed by atoms with E-state index in [1.807, 2.05) is 0 Å². The Bertz CT molecular complexity index is 924. The third kappa shape index (κ3) is 3.41. The van der Waals surface area contributed by atoms with E-state index in [2.05, 4.69) is 5.32 Å². The molecule has 24 heavy (non-hydrogen) atoms. The summed E-state index contributed by atoms with van der Waals surface area (Å²) >= 11 is 17.7. The standard InChI is InChI=1S/C17H9Cl3FNO2/c18-10-2-1-3-13(16(10)20)22-17(23)15-7-6-14(24-15)9-4-5-12(21)11(19)8-9/h1-8H,(H,22,23). The zero-order valence-corrected chi connectivity index (χ0v) is 14.2. The van der Waals surface area contributed by atoms with E-state index in [4.69, 9.17) is 39.2 Å². The largest absolute Gasteiger partial charge is 0.451 e. The van der Waals surface area contributed by atoms with E-state index in [9.17, 15) is 9.18 Å². The molecule has 0 fully saturated rings. The highest BCUT2D eigenvalue weighted by atomic mass is 35.5. The number of carbonyl (C=O) groups excluding carboxylic acids is 1. The molecule has 0 saturated heterocycles. The van der Waals surface area contributed by atoms with Crippen molar-refractivity contribution in [3.8, 4) is 11.3 Å². The minimum Gasteiger partial charge on any atom is -0.451 e. The Kier molecular flexibility index (Phi) is 4.81. The van der Waals surface area contributed by atoms with Crippen LogP contribution >= 0.6 is 34.8 Å². The Morgan fingerprint density at radius 1 is 1.00 bits per heavy atom. The number of halogens is 4. The molecule has 0 spiro atoms. The van der Waals surface area contributed by atoms with Crippen LogP contribution < -0.4 is 5.32 Å². The smallest absolute Gasteiger partial charge is 0.291 e. The highest BCUT2D eigenvalue weighted by Gasteiger charge is 2.15. The first-order valence-electron chi connectivity index (χ1n) is 6.76. The van der Waals surface area contributed by atoms with Crippen molar-refractivity contribution in [1.29, 1.82) is 0 Å². The van der Waals surface area contributed by atoms with Gasteiger partial charge in [-0.2, -0.15) is 0 Å². The molecule has 3 rings (SSSR count). The molecule has 0 aliphatic rings. The molecule has 2 aromatic carbocycles. The average molecular weight is 385 g/mol. The Balaban J connectivity index is 1.83. The van der Waals surface area contributed by atoms with Crippen LogP contribution in [-0.4, -0.2) is 5.91 Å². The number of benzene rings is 2. The Hall–Kier alpha value is -2.01. The summed E-state index contributed by atoms with van der Waals surface area (Å²) in [6, 6.07) is 12.2. The van der Waals surface area contributed by atoms with Gasteiger partial charge in [-0.25, -0.2) is 4.39 Å². The summed E-state index contributed by atoms with van der Waals surface area (Å²) in [6.45, 7) is 0. The SMILES string of the molecule is O=C(Nc1cccc(Cl)c1Cl)c1ccc(-c2ccc(F)c(Cl)c2)o1. The van der Waals surface area contributed by atoms with Crippen LogP contribution in [0.15, 0.2) is 52.9 Å². The Morgan fingerprint density at radius 3 is 2.54 bits per heavy atom. The first-order valence-corrected chi connectivity index (χ1v) is 7.89. The first-order chi connectivity index (χ1) is 11.5. The molecule has 0 atom stereocenters. The highest BCUT2D eigenvalue weighted by Crippen LogP contribution is 2.31. The molecule has 0 saturated carbocycles. The van der Waals surface area contributed by atoms with Gasteiger partial charge in [-0.1, -0.05) is 40.9 Å². The second kappa shape index (κ2) is 6.85. The molecule has 0 aliphatic carbocycles. The van der Waals surface area contributed by atoms with Gasteiger partial charge in [0.1, 0.15) is 11.6 Å². The van der Waals surface area contributed by atoms with Crippen molar-refractivity contribution in [2.24, 2.45) is 0 Å². The minimum absolute atomic E-state index is 0.0272. The lowest BCUT2D eigenvalue weighted by atomic mass is 10.2. The van der Waals surface area contributed by atoms with Crippen LogP contribution in [0.3, 0.4) is 0 Å². The lowest BCUT2D eigenvalue weighted by Gasteiger charge is -2.06. The van der Waals surface area contributed by atoms with Crippen molar-refractivity contribution in [3.63, 3.8) is 0 Å². The number of rotatable bonds is 3. The zero-order chi connectivity index (χ0) is 17.3. The van der Waals surface area contributed by atoms with Crippen molar-refractivity contribution in [2.45, 2.75) is 0 Å². The maximum Gasteiger partial charge on any atom is 0.291 e. The fourth-order valence-corrected chi connectivity index (χ4v) is 2.58. The summed E-state index contributed by atoms with van der Waals surface area (Å²) in [4.78, 5) is 12.3. The molecule has 7 heteroatoms. The third-order valence-electron chi connectivity index (χ3n) is 3.23. The van der Waals surface area contributed by atoms with Crippen molar-refractivity contribution >= 4 is 46.4 Å². The van der Waals surface area contributed by atoms with Crippen LogP contribution in [0.2, 0.25) is 15.1 Å². The molecule has 3 nitrogen and oxygen atoms in total. The van der Waals surface area contributed by atoms with Gasteiger partial charge >= 0.3 is 0 Å². The number of hydrogen-bond donors (Lipinski definition) is 1. The van der Waals surface area contributed by atoms with Gasteiger partial charge in [-0.3, -0.25) is 4.79 Å². The van der Waals surface area contributed by atoms with Gasteiger partial charge in [0.15, 0.2) is 5.76 Å². The van der Waals surface area contributed by atoms with Gasteiger partial charge < -0.3 is 9.73 Å². The van der Waals surface area contributed by atoms with E-state index < -0.39 is 11.7 Å². The third-order valence-corrected chi connectivity index (χ3v) is 4.34. The van der Waals surface area contributed by atoms with Crippen molar-refractivity contribution in [2.75, 3.05) is 5.32 Å². The molecular weight excluding hydrogens is 376 g/mol. The van der Waals surface area contributed by atoms with Gasteiger partial charge in [-0.15, -0.1) is 0 Å². The second-order valence-corrected chi connectivity index (χ2v) is 6.04. The van der Waals surface area contributed by atoms with Crippen LogP contribution in [0.5, 0.6) is 0 Å². The van der Waals surface area contributed by atoms with Crippen molar-refractivity contribution in [1.82, 2.24) is 0 Å². The summed E-state index contributed by atoms with van der Waals surface area (Å²) in [5.41, 5.74) is 0.929. The van der Waals surface area contributed by atoms with Crippen LogP contribution in [0, 0.1) is 5.82 Å². The maximum atomic E-state index is 13.2. The van der Waals surface area contributed by atoms with Crippen molar-refractivity contribution in [3.05, 3.63) is 75.2 Å². The van der Waals surface area contributed by atoms with Gasteiger partial charge in [0, 0.05) is 5.56 Å². The molecule has 0 unspecified atom stereocenters. The molecule has 1 N–H and O–H groups in total. The normalized spacial score (nSPS) is 10.7. The lowest BCUT2D eigenvalue weighted by Crippen LogP contribution is -2.11. The van der Waals surface area contributed by atoms with Crippen LogP contribution in [0.4, 0.5) is 10.1 Å². The highest BCUT2D eigenvalue weighted by molar-refractivity contribution is 6.44. The molecule has 0 bridgehead atoms. The van der Waals surface area contributed by atoms with Crippen LogP contribution in [0.25, 0.3) is 11.3 Å². The lowest BCUT2D eigenvalue weighted by molar-refractivity contribution is 0.0997. The average Bonchev–Trinajstić information content (AvgIpc) is 3.04. The monoisotopic (exact) mass is 383 g/mol. The number of carbonyl (C=O) groups is 1. The number of hydrogen-bond acceptors (Lipinski definition) is 2. The second-order valence-electron chi connectivity index (χ2n) is 4.85. The maximum absolute atomic E-state index is 13.2. The summed E-state index contributed by atoms with van der Waals surface area (Å²) in [6.07, 6.45) is 0. The molecule has 1 aromatic heterocycles. The minimum atomic E-state index is -0.527. The number of anilines is 1. The van der Waals surface area contributed by atoms with Gasteiger partial charge in [0.25, 0.3) is 5.91 Å². The summed E-state index contributed by atoms with van der Waals surface area (Å²) in [7, 11) is 0. The van der Waals surface area contributed by atoms with E-state index in [0.717, 1.165) is 0 Å². The summed E-state index contributed by atoms with van der Waals surface area (Å²) < 4.78 is 18.7. The van der Waals surface area contributed by atoms with Gasteiger partial charge in [0.05, 0.1) is 20.8 Å².